The van der Waals surface area contributed by atoms with Crippen LogP contribution in [0.1, 0.15) is 12.5 Å². The SMILES string of the molecule is CCOc1ccc(CC(=O)N[C@@H]2CN(c3ncccn3)C[C@H]2CN(C)C)cc1. The monoisotopic (exact) mass is 383 g/mol. The summed E-state index contributed by atoms with van der Waals surface area (Å²) >= 11 is 0. The van der Waals surface area contributed by atoms with E-state index in [1.807, 2.05) is 37.3 Å². The third-order valence-corrected chi connectivity index (χ3v) is 4.82. The second-order valence-corrected chi connectivity index (χ2v) is 7.40. The lowest BCUT2D eigenvalue weighted by Gasteiger charge is -2.22. The van der Waals surface area contributed by atoms with Gasteiger partial charge in [-0.05, 0) is 44.8 Å². The molecule has 0 bridgehead atoms. The predicted octanol–water partition coefficient (Wildman–Crippen LogP) is 1.60. The second-order valence-electron chi connectivity index (χ2n) is 7.40. The molecule has 2 aromatic rings. The van der Waals surface area contributed by atoms with Crippen LogP contribution in [0.15, 0.2) is 42.7 Å². The number of aromatic nitrogens is 2. The Labute approximate surface area is 166 Å². The first-order valence-electron chi connectivity index (χ1n) is 9.73. The topological polar surface area (TPSA) is 70.6 Å². The van der Waals surface area contributed by atoms with Crippen molar-refractivity contribution < 1.29 is 9.53 Å². The largest absolute Gasteiger partial charge is 0.494 e. The molecule has 1 saturated heterocycles. The molecule has 1 aliphatic heterocycles. The fraction of sp³-hybridized carbons (Fsp3) is 0.476. The van der Waals surface area contributed by atoms with Crippen molar-refractivity contribution in [2.45, 2.75) is 19.4 Å². The number of hydrogen-bond acceptors (Lipinski definition) is 6. The smallest absolute Gasteiger partial charge is 0.225 e. The van der Waals surface area contributed by atoms with E-state index >= 15 is 0 Å². The number of nitrogens with zero attached hydrogens (tertiary/aromatic N) is 4. The average Bonchev–Trinajstić information content (AvgIpc) is 3.06. The quantitative estimate of drug-likeness (QED) is 0.747. The third kappa shape index (κ3) is 5.42. The van der Waals surface area contributed by atoms with Crippen LogP contribution in [0, 0.1) is 5.92 Å². The van der Waals surface area contributed by atoms with Gasteiger partial charge < -0.3 is 19.9 Å². The van der Waals surface area contributed by atoms with E-state index in [1.165, 1.54) is 0 Å². The zero-order valence-electron chi connectivity index (χ0n) is 16.8. The van der Waals surface area contributed by atoms with E-state index in [0.717, 1.165) is 36.9 Å². The van der Waals surface area contributed by atoms with Gasteiger partial charge in [0.25, 0.3) is 0 Å². The second kappa shape index (κ2) is 9.50. The average molecular weight is 383 g/mol. The van der Waals surface area contributed by atoms with Gasteiger partial charge in [-0.2, -0.15) is 0 Å². The first kappa shape index (κ1) is 20.1. The van der Waals surface area contributed by atoms with E-state index in [9.17, 15) is 4.79 Å². The summed E-state index contributed by atoms with van der Waals surface area (Å²) in [5.74, 6) is 1.90. The fourth-order valence-corrected chi connectivity index (χ4v) is 3.62. The van der Waals surface area contributed by atoms with Crippen LogP contribution in [0.2, 0.25) is 0 Å². The van der Waals surface area contributed by atoms with Crippen molar-refractivity contribution in [2.24, 2.45) is 5.92 Å². The molecule has 2 atom stereocenters. The van der Waals surface area contributed by atoms with Gasteiger partial charge >= 0.3 is 0 Å². The van der Waals surface area contributed by atoms with E-state index in [-0.39, 0.29) is 11.9 Å². The van der Waals surface area contributed by atoms with Crippen LogP contribution in [-0.4, -0.2) is 67.2 Å². The van der Waals surface area contributed by atoms with Crippen molar-refractivity contribution in [3.63, 3.8) is 0 Å². The standard InChI is InChI=1S/C21H29N5O2/c1-4-28-18-8-6-16(7-9-18)12-20(27)24-19-15-26(14-17(19)13-25(2)3)21-22-10-5-11-23-21/h5-11,17,19H,4,12-15H2,1-3H3,(H,24,27)/t17-,19-/m1/s1. The first-order chi connectivity index (χ1) is 13.5. The van der Waals surface area contributed by atoms with Gasteiger partial charge in [0.1, 0.15) is 5.75 Å². The summed E-state index contributed by atoms with van der Waals surface area (Å²) in [4.78, 5) is 25.7. The number of carbonyl (C=O) groups excluding carboxylic acids is 1. The van der Waals surface area contributed by atoms with Gasteiger partial charge in [-0.15, -0.1) is 0 Å². The van der Waals surface area contributed by atoms with E-state index in [4.69, 9.17) is 4.74 Å². The minimum atomic E-state index is 0.0359. The van der Waals surface area contributed by atoms with E-state index in [1.54, 1.807) is 12.4 Å². The molecule has 7 heteroatoms. The van der Waals surface area contributed by atoms with Crippen LogP contribution in [-0.2, 0) is 11.2 Å². The Bertz CT molecular complexity index is 751. The first-order valence-corrected chi connectivity index (χ1v) is 9.73. The lowest BCUT2D eigenvalue weighted by atomic mass is 10.0. The molecular formula is C21H29N5O2. The lowest BCUT2D eigenvalue weighted by Crippen LogP contribution is -2.44. The molecule has 1 fully saturated rings. The van der Waals surface area contributed by atoms with Crippen molar-refractivity contribution in [3.8, 4) is 5.75 Å². The summed E-state index contributed by atoms with van der Waals surface area (Å²) in [6.07, 6.45) is 3.86. The van der Waals surface area contributed by atoms with E-state index in [0.29, 0.717) is 18.9 Å². The number of hydrogen-bond donors (Lipinski definition) is 1. The van der Waals surface area contributed by atoms with Crippen molar-refractivity contribution in [3.05, 3.63) is 48.3 Å². The summed E-state index contributed by atoms with van der Waals surface area (Å²) in [7, 11) is 4.11. The molecule has 0 aliphatic carbocycles. The van der Waals surface area contributed by atoms with Crippen LogP contribution < -0.4 is 15.0 Å². The van der Waals surface area contributed by atoms with E-state index in [2.05, 4.69) is 39.2 Å². The molecule has 28 heavy (non-hydrogen) atoms. The Hall–Kier alpha value is -2.67. The highest BCUT2D eigenvalue weighted by atomic mass is 16.5. The van der Waals surface area contributed by atoms with Gasteiger partial charge in [-0.3, -0.25) is 4.79 Å². The molecule has 2 heterocycles. The van der Waals surface area contributed by atoms with Crippen LogP contribution in [0.25, 0.3) is 0 Å². The van der Waals surface area contributed by atoms with Crippen molar-refractivity contribution >= 4 is 11.9 Å². The molecule has 1 aromatic carbocycles. The van der Waals surface area contributed by atoms with Crippen LogP contribution in [0.3, 0.4) is 0 Å². The number of amides is 1. The molecule has 1 N–H and O–H groups in total. The summed E-state index contributed by atoms with van der Waals surface area (Å²) in [6, 6.07) is 9.59. The zero-order chi connectivity index (χ0) is 19.9. The number of benzene rings is 1. The van der Waals surface area contributed by atoms with Crippen molar-refractivity contribution in [1.82, 2.24) is 20.2 Å². The van der Waals surface area contributed by atoms with Gasteiger partial charge in [0.05, 0.1) is 19.1 Å². The fourth-order valence-electron chi connectivity index (χ4n) is 3.62. The molecule has 0 radical (unpaired) electrons. The minimum absolute atomic E-state index is 0.0359. The third-order valence-electron chi connectivity index (χ3n) is 4.82. The van der Waals surface area contributed by atoms with Gasteiger partial charge in [0.2, 0.25) is 11.9 Å². The molecule has 1 aromatic heterocycles. The Kier molecular flexibility index (Phi) is 6.81. The van der Waals surface area contributed by atoms with Gasteiger partial charge in [-0.25, -0.2) is 9.97 Å². The molecule has 1 aliphatic rings. The van der Waals surface area contributed by atoms with Gasteiger partial charge in [0, 0.05) is 37.9 Å². The predicted molar refractivity (Wildman–Crippen MR) is 110 cm³/mol. The maximum Gasteiger partial charge on any atom is 0.225 e. The highest BCUT2D eigenvalue weighted by molar-refractivity contribution is 5.79. The van der Waals surface area contributed by atoms with Crippen molar-refractivity contribution in [2.75, 3.05) is 45.2 Å². The minimum Gasteiger partial charge on any atom is -0.494 e. The number of nitrogens with one attached hydrogen (secondary N) is 1. The maximum atomic E-state index is 12.6. The molecule has 7 nitrogen and oxygen atoms in total. The molecular weight excluding hydrogens is 354 g/mol. The molecule has 1 amide bonds. The van der Waals surface area contributed by atoms with Crippen molar-refractivity contribution in [1.29, 1.82) is 0 Å². The summed E-state index contributed by atoms with van der Waals surface area (Å²) in [6.45, 7) is 5.04. The highest BCUT2D eigenvalue weighted by Crippen LogP contribution is 2.22. The van der Waals surface area contributed by atoms with Crippen LogP contribution >= 0.6 is 0 Å². The summed E-state index contributed by atoms with van der Waals surface area (Å²) in [5.41, 5.74) is 0.978. The van der Waals surface area contributed by atoms with E-state index < -0.39 is 0 Å². The number of ether oxygens (including phenoxy) is 1. The number of carbonyl (C=O) groups is 1. The summed E-state index contributed by atoms with van der Waals surface area (Å²) < 4.78 is 5.46. The molecule has 0 saturated carbocycles. The molecule has 0 spiro atoms. The molecule has 150 valence electrons. The molecule has 0 unspecified atom stereocenters. The van der Waals surface area contributed by atoms with Crippen LogP contribution in [0.4, 0.5) is 5.95 Å². The normalized spacial score (nSPS) is 19.1. The Morgan fingerprint density at radius 3 is 2.57 bits per heavy atom. The Morgan fingerprint density at radius 1 is 1.21 bits per heavy atom. The zero-order valence-corrected chi connectivity index (χ0v) is 16.8. The Balaban J connectivity index is 1.61. The Morgan fingerprint density at radius 2 is 1.93 bits per heavy atom. The number of rotatable bonds is 8. The van der Waals surface area contributed by atoms with Gasteiger partial charge in [-0.1, -0.05) is 12.1 Å². The van der Waals surface area contributed by atoms with Crippen LogP contribution in [0.5, 0.6) is 5.75 Å². The molecule has 3 rings (SSSR count). The highest BCUT2D eigenvalue weighted by Gasteiger charge is 2.35. The van der Waals surface area contributed by atoms with Gasteiger partial charge in [0.15, 0.2) is 0 Å². The maximum absolute atomic E-state index is 12.6. The number of anilines is 1. The lowest BCUT2D eigenvalue weighted by molar-refractivity contribution is -0.121. The summed E-state index contributed by atoms with van der Waals surface area (Å²) in [5, 5.41) is 3.23.